The molecule has 0 saturated carbocycles. The first kappa shape index (κ1) is 15.1. The molecule has 3 N–H and O–H groups in total. The molecule has 1 fully saturated rings. The van der Waals surface area contributed by atoms with Crippen LogP contribution < -0.4 is 5.73 Å². The van der Waals surface area contributed by atoms with Crippen LogP contribution in [0.1, 0.15) is 23.2 Å². The first-order valence-corrected chi connectivity index (χ1v) is 7.00. The molecule has 0 bridgehead atoms. The number of Topliss-reactive ketones (excluding diaryl/α,β-unsaturated/α-hetero) is 1. The van der Waals surface area contributed by atoms with Crippen LogP contribution in [0.25, 0.3) is 0 Å². The van der Waals surface area contributed by atoms with Crippen molar-refractivity contribution < 1.29 is 14.3 Å². The number of β-amino-alcohol motifs (C(OH)–C–C–N with tert-alkyl or cyclic N) is 1. The molecule has 2 rings (SSSR count). The summed E-state index contributed by atoms with van der Waals surface area (Å²) in [6, 6.07) is 5.73. The SMILES string of the molecule is NCC(O)CN1CCC(C(=O)c2ccc(F)cc2)CC1. The number of likely N-dealkylation sites (tertiary alicyclic amines) is 1. The molecule has 0 aliphatic carbocycles. The third-order valence-electron chi connectivity index (χ3n) is 3.83. The van der Waals surface area contributed by atoms with E-state index < -0.39 is 6.10 Å². The summed E-state index contributed by atoms with van der Waals surface area (Å²) in [4.78, 5) is 14.4. The summed E-state index contributed by atoms with van der Waals surface area (Å²) in [5, 5.41) is 9.52. The Morgan fingerprint density at radius 3 is 2.50 bits per heavy atom. The molecule has 1 aromatic carbocycles. The van der Waals surface area contributed by atoms with Gasteiger partial charge in [0, 0.05) is 24.6 Å². The lowest BCUT2D eigenvalue weighted by molar-refractivity contribution is 0.0744. The van der Waals surface area contributed by atoms with Gasteiger partial charge in [0.15, 0.2) is 5.78 Å². The molecule has 1 aliphatic rings. The normalized spacial score (nSPS) is 18.9. The highest BCUT2D eigenvalue weighted by atomic mass is 19.1. The summed E-state index contributed by atoms with van der Waals surface area (Å²) in [6.45, 7) is 2.39. The molecule has 0 amide bonds. The van der Waals surface area contributed by atoms with Gasteiger partial charge in [-0.1, -0.05) is 0 Å². The van der Waals surface area contributed by atoms with Gasteiger partial charge in [-0.05, 0) is 50.2 Å². The van der Waals surface area contributed by atoms with Gasteiger partial charge >= 0.3 is 0 Å². The van der Waals surface area contributed by atoms with Gasteiger partial charge in [-0.25, -0.2) is 4.39 Å². The van der Waals surface area contributed by atoms with E-state index in [4.69, 9.17) is 5.73 Å². The number of ketones is 1. The second kappa shape index (κ2) is 6.92. The summed E-state index contributed by atoms with van der Waals surface area (Å²) < 4.78 is 12.8. The Labute approximate surface area is 118 Å². The Bertz CT molecular complexity index is 442. The van der Waals surface area contributed by atoms with Gasteiger partial charge in [0.05, 0.1) is 6.10 Å². The van der Waals surface area contributed by atoms with Crippen molar-refractivity contribution in [3.8, 4) is 0 Å². The number of benzene rings is 1. The maximum absolute atomic E-state index is 12.8. The fraction of sp³-hybridized carbons (Fsp3) is 0.533. The van der Waals surface area contributed by atoms with Crippen molar-refractivity contribution in [1.82, 2.24) is 4.90 Å². The van der Waals surface area contributed by atoms with Crippen LogP contribution in [-0.4, -0.2) is 48.1 Å². The van der Waals surface area contributed by atoms with E-state index in [0.717, 1.165) is 25.9 Å². The number of nitrogens with zero attached hydrogens (tertiary/aromatic N) is 1. The highest BCUT2D eigenvalue weighted by Crippen LogP contribution is 2.22. The molecule has 1 unspecified atom stereocenters. The topological polar surface area (TPSA) is 66.6 Å². The van der Waals surface area contributed by atoms with Crippen molar-refractivity contribution in [2.24, 2.45) is 11.7 Å². The molecule has 1 heterocycles. The number of halogens is 1. The van der Waals surface area contributed by atoms with Gasteiger partial charge in [0.2, 0.25) is 0 Å². The van der Waals surface area contributed by atoms with Gasteiger partial charge in [-0.3, -0.25) is 4.79 Å². The van der Waals surface area contributed by atoms with Gasteiger partial charge < -0.3 is 15.7 Å². The van der Waals surface area contributed by atoms with Crippen LogP contribution in [0.15, 0.2) is 24.3 Å². The van der Waals surface area contributed by atoms with E-state index >= 15 is 0 Å². The molecular weight excluding hydrogens is 259 g/mol. The number of hydrogen-bond acceptors (Lipinski definition) is 4. The highest BCUT2D eigenvalue weighted by molar-refractivity contribution is 5.97. The van der Waals surface area contributed by atoms with Gasteiger partial charge in [0.25, 0.3) is 0 Å². The fourth-order valence-corrected chi connectivity index (χ4v) is 2.60. The quantitative estimate of drug-likeness (QED) is 0.791. The van der Waals surface area contributed by atoms with E-state index in [1.165, 1.54) is 12.1 Å². The minimum absolute atomic E-state index is 0.00766. The molecule has 0 spiro atoms. The molecule has 4 nitrogen and oxygen atoms in total. The molecule has 1 aliphatic heterocycles. The first-order valence-electron chi connectivity index (χ1n) is 7.00. The standard InChI is InChI=1S/C15H21FN2O2/c16-13-3-1-11(2-4-13)15(20)12-5-7-18(8-6-12)10-14(19)9-17/h1-4,12,14,19H,5-10,17H2. The Kier molecular flexibility index (Phi) is 5.23. The summed E-state index contributed by atoms with van der Waals surface area (Å²) in [6.07, 6.45) is 1.04. The largest absolute Gasteiger partial charge is 0.390 e. The number of rotatable bonds is 5. The summed E-state index contributed by atoms with van der Waals surface area (Å²) >= 11 is 0. The molecular formula is C15H21FN2O2. The Balaban J connectivity index is 1.87. The van der Waals surface area contributed by atoms with Gasteiger partial charge in [-0.2, -0.15) is 0 Å². The van der Waals surface area contributed by atoms with E-state index in [1.807, 2.05) is 0 Å². The zero-order valence-electron chi connectivity index (χ0n) is 11.5. The Hall–Kier alpha value is -1.30. The molecule has 1 saturated heterocycles. The lowest BCUT2D eigenvalue weighted by Crippen LogP contribution is -2.42. The highest BCUT2D eigenvalue weighted by Gasteiger charge is 2.26. The van der Waals surface area contributed by atoms with Crippen molar-refractivity contribution in [2.75, 3.05) is 26.2 Å². The van der Waals surface area contributed by atoms with Crippen molar-refractivity contribution in [1.29, 1.82) is 0 Å². The fourth-order valence-electron chi connectivity index (χ4n) is 2.60. The van der Waals surface area contributed by atoms with Crippen molar-refractivity contribution in [2.45, 2.75) is 18.9 Å². The smallest absolute Gasteiger partial charge is 0.166 e. The van der Waals surface area contributed by atoms with Crippen molar-refractivity contribution in [3.63, 3.8) is 0 Å². The minimum atomic E-state index is -0.501. The van der Waals surface area contributed by atoms with Crippen LogP contribution in [0, 0.1) is 11.7 Å². The van der Waals surface area contributed by atoms with Gasteiger partial charge in [-0.15, -0.1) is 0 Å². The summed E-state index contributed by atoms with van der Waals surface area (Å²) in [5.74, 6) is -0.247. The third-order valence-corrected chi connectivity index (χ3v) is 3.83. The average molecular weight is 280 g/mol. The molecule has 0 radical (unpaired) electrons. The lowest BCUT2D eigenvalue weighted by atomic mass is 9.89. The number of aliphatic hydroxyl groups excluding tert-OH is 1. The second-order valence-corrected chi connectivity index (χ2v) is 5.34. The average Bonchev–Trinajstić information content (AvgIpc) is 2.48. The van der Waals surface area contributed by atoms with Crippen LogP contribution in [0.5, 0.6) is 0 Å². The Morgan fingerprint density at radius 2 is 1.95 bits per heavy atom. The van der Waals surface area contributed by atoms with Crippen LogP contribution >= 0.6 is 0 Å². The first-order chi connectivity index (χ1) is 9.60. The maximum atomic E-state index is 12.8. The monoisotopic (exact) mass is 280 g/mol. The van der Waals surface area contributed by atoms with Crippen LogP contribution in [0.4, 0.5) is 4.39 Å². The van der Waals surface area contributed by atoms with Crippen LogP contribution in [-0.2, 0) is 0 Å². The van der Waals surface area contributed by atoms with E-state index in [0.29, 0.717) is 12.1 Å². The van der Waals surface area contributed by atoms with Crippen molar-refractivity contribution >= 4 is 5.78 Å². The number of nitrogens with two attached hydrogens (primary N) is 1. The number of hydrogen-bond donors (Lipinski definition) is 2. The van der Waals surface area contributed by atoms with E-state index in [-0.39, 0.29) is 24.1 Å². The number of carbonyl (C=O) groups excluding carboxylic acids is 1. The van der Waals surface area contributed by atoms with Crippen LogP contribution in [0.3, 0.4) is 0 Å². The predicted octanol–water partition coefficient (Wildman–Crippen LogP) is 1.04. The lowest BCUT2D eigenvalue weighted by Gasteiger charge is -2.32. The van der Waals surface area contributed by atoms with Gasteiger partial charge in [0.1, 0.15) is 5.82 Å². The number of aliphatic hydroxyl groups is 1. The zero-order chi connectivity index (χ0) is 14.5. The number of piperidine rings is 1. The summed E-state index contributed by atoms with van der Waals surface area (Å²) in [7, 11) is 0. The van der Waals surface area contributed by atoms with Crippen LogP contribution in [0.2, 0.25) is 0 Å². The second-order valence-electron chi connectivity index (χ2n) is 5.34. The molecule has 110 valence electrons. The van der Waals surface area contributed by atoms with E-state index in [2.05, 4.69) is 4.90 Å². The maximum Gasteiger partial charge on any atom is 0.166 e. The number of carbonyl (C=O) groups is 1. The van der Waals surface area contributed by atoms with E-state index in [1.54, 1.807) is 12.1 Å². The third kappa shape index (κ3) is 3.85. The molecule has 1 aromatic rings. The molecule has 0 aromatic heterocycles. The molecule has 5 heteroatoms. The predicted molar refractivity (Wildman–Crippen MR) is 75.0 cm³/mol. The molecule has 20 heavy (non-hydrogen) atoms. The van der Waals surface area contributed by atoms with E-state index in [9.17, 15) is 14.3 Å². The zero-order valence-corrected chi connectivity index (χ0v) is 11.5. The molecule has 1 atom stereocenters. The van der Waals surface area contributed by atoms with Crippen molar-refractivity contribution in [3.05, 3.63) is 35.6 Å². The summed E-state index contributed by atoms with van der Waals surface area (Å²) in [5.41, 5.74) is 5.97. The minimum Gasteiger partial charge on any atom is -0.390 e. The Morgan fingerprint density at radius 1 is 1.35 bits per heavy atom.